The van der Waals surface area contributed by atoms with E-state index in [2.05, 4.69) is 45.9 Å². The Labute approximate surface area is 225 Å². The number of nitrogens with zero attached hydrogens (tertiary/aromatic N) is 6. The monoisotopic (exact) mass is 506 g/mol. The number of aromatic nitrogens is 5. The van der Waals surface area contributed by atoms with E-state index in [1.807, 2.05) is 61.3 Å². The molecule has 0 aliphatic carbocycles. The molecule has 0 aliphatic heterocycles. The van der Waals surface area contributed by atoms with Crippen molar-refractivity contribution in [2.24, 2.45) is 0 Å². The molecule has 8 heteroatoms. The Morgan fingerprint density at radius 2 is 1.79 bits per heavy atom. The first-order valence-electron chi connectivity index (χ1n) is 13.7. The van der Waals surface area contributed by atoms with Crippen molar-refractivity contribution >= 4 is 30.0 Å². The number of rotatable bonds is 12. The van der Waals surface area contributed by atoms with Gasteiger partial charge in [0.2, 0.25) is 0 Å². The SMILES string of the molecule is Bc1ccc2c(-c3cnn4cc(-c5ccc(OCCN(CCC)CCCCC)cn5)cnc34)cccc2n1. The Kier molecular flexibility index (Phi) is 8.29. The zero-order valence-corrected chi connectivity index (χ0v) is 22.6. The van der Waals surface area contributed by atoms with E-state index in [0.29, 0.717) is 6.61 Å². The van der Waals surface area contributed by atoms with Gasteiger partial charge in [0.15, 0.2) is 13.5 Å². The fourth-order valence-electron chi connectivity index (χ4n) is 4.85. The zero-order valence-electron chi connectivity index (χ0n) is 22.6. The molecule has 0 N–H and O–H groups in total. The van der Waals surface area contributed by atoms with Crippen LogP contribution < -0.4 is 10.3 Å². The minimum absolute atomic E-state index is 0.667. The predicted molar refractivity (Wildman–Crippen MR) is 157 cm³/mol. The van der Waals surface area contributed by atoms with Crippen LogP contribution in [0.2, 0.25) is 0 Å². The van der Waals surface area contributed by atoms with Gasteiger partial charge in [-0.25, -0.2) is 9.50 Å². The van der Waals surface area contributed by atoms with Gasteiger partial charge in [0.1, 0.15) is 12.4 Å². The molecule has 1 aromatic carbocycles. The van der Waals surface area contributed by atoms with Crippen LogP contribution in [0.5, 0.6) is 5.75 Å². The number of unbranched alkanes of at least 4 members (excludes halogenated alkanes) is 2. The lowest BCUT2D eigenvalue weighted by Gasteiger charge is -2.21. The topological polar surface area (TPSA) is 68.4 Å². The van der Waals surface area contributed by atoms with Gasteiger partial charge < -0.3 is 4.74 Å². The van der Waals surface area contributed by atoms with Crippen LogP contribution in [0.3, 0.4) is 0 Å². The molecule has 0 fully saturated rings. The molecule has 0 spiro atoms. The van der Waals surface area contributed by atoms with Crippen molar-refractivity contribution < 1.29 is 4.74 Å². The van der Waals surface area contributed by atoms with Crippen LogP contribution >= 0.6 is 0 Å². The van der Waals surface area contributed by atoms with Crippen LogP contribution in [0, 0.1) is 0 Å². The maximum absolute atomic E-state index is 6.00. The molecule has 194 valence electrons. The van der Waals surface area contributed by atoms with E-state index >= 15 is 0 Å². The van der Waals surface area contributed by atoms with Crippen LogP contribution in [-0.4, -0.2) is 63.6 Å². The highest BCUT2D eigenvalue weighted by Crippen LogP contribution is 2.30. The summed E-state index contributed by atoms with van der Waals surface area (Å²) < 4.78 is 7.82. The number of pyridine rings is 2. The van der Waals surface area contributed by atoms with Gasteiger partial charge in [0.25, 0.3) is 0 Å². The van der Waals surface area contributed by atoms with E-state index in [1.54, 1.807) is 6.20 Å². The molecular weight excluding hydrogens is 471 g/mol. The smallest absolute Gasteiger partial charge is 0.163 e. The van der Waals surface area contributed by atoms with E-state index in [-0.39, 0.29) is 0 Å². The third-order valence-corrected chi connectivity index (χ3v) is 6.84. The first kappa shape index (κ1) is 25.9. The second-order valence-electron chi connectivity index (χ2n) is 9.77. The zero-order chi connectivity index (χ0) is 26.3. The molecule has 5 rings (SSSR count). The Hall–Kier alpha value is -3.78. The van der Waals surface area contributed by atoms with Crippen molar-refractivity contribution in [2.75, 3.05) is 26.2 Å². The summed E-state index contributed by atoms with van der Waals surface area (Å²) >= 11 is 0. The molecule has 7 nitrogen and oxygen atoms in total. The number of ether oxygens (including phenoxy) is 1. The van der Waals surface area contributed by atoms with Gasteiger partial charge in [-0.3, -0.25) is 14.9 Å². The van der Waals surface area contributed by atoms with Crippen molar-refractivity contribution in [3.05, 3.63) is 67.3 Å². The highest BCUT2D eigenvalue weighted by molar-refractivity contribution is 6.31. The average Bonchev–Trinajstić information content (AvgIpc) is 3.36. The lowest BCUT2D eigenvalue weighted by atomic mass is 9.99. The van der Waals surface area contributed by atoms with Gasteiger partial charge in [0, 0.05) is 35.5 Å². The van der Waals surface area contributed by atoms with Crippen LogP contribution in [0.25, 0.3) is 38.9 Å². The summed E-state index contributed by atoms with van der Waals surface area (Å²) in [5, 5.41) is 5.69. The first-order chi connectivity index (χ1) is 18.7. The van der Waals surface area contributed by atoms with Gasteiger partial charge in [0.05, 0.1) is 23.6 Å². The van der Waals surface area contributed by atoms with Gasteiger partial charge >= 0.3 is 0 Å². The van der Waals surface area contributed by atoms with Crippen LogP contribution in [0.15, 0.2) is 67.3 Å². The fourth-order valence-corrected chi connectivity index (χ4v) is 4.85. The molecule has 0 amide bonds. The highest BCUT2D eigenvalue weighted by atomic mass is 16.5. The van der Waals surface area contributed by atoms with E-state index in [1.165, 1.54) is 19.3 Å². The van der Waals surface area contributed by atoms with Gasteiger partial charge in [-0.2, -0.15) is 5.10 Å². The summed E-state index contributed by atoms with van der Waals surface area (Å²) in [6.07, 6.45) is 12.4. The van der Waals surface area contributed by atoms with Crippen LogP contribution in [-0.2, 0) is 0 Å². The van der Waals surface area contributed by atoms with Crippen molar-refractivity contribution in [1.29, 1.82) is 0 Å². The van der Waals surface area contributed by atoms with Crippen molar-refractivity contribution in [2.45, 2.75) is 39.5 Å². The minimum atomic E-state index is 0.667. The molecular formula is C30H35BN6O. The Balaban J connectivity index is 1.28. The van der Waals surface area contributed by atoms with Crippen LogP contribution in [0.4, 0.5) is 0 Å². The van der Waals surface area contributed by atoms with E-state index in [4.69, 9.17) is 9.72 Å². The third kappa shape index (κ3) is 5.86. The summed E-state index contributed by atoms with van der Waals surface area (Å²) in [7, 11) is 2.01. The van der Waals surface area contributed by atoms with Gasteiger partial charge in [-0.1, -0.05) is 51.0 Å². The third-order valence-electron chi connectivity index (χ3n) is 6.84. The quantitative estimate of drug-likeness (QED) is 0.183. The molecule has 0 saturated heterocycles. The highest BCUT2D eigenvalue weighted by Gasteiger charge is 2.13. The summed E-state index contributed by atoms with van der Waals surface area (Å²) in [5.41, 5.74) is 6.57. The number of hydrogen-bond donors (Lipinski definition) is 0. The molecule has 0 atom stereocenters. The van der Waals surface area contributed by atoms with Gasteiger partial charge in [-0.05, 0) is 55.3 Å². The summed E-state index contributed by atoms with van der Waals surface area (Å²) in [6, 6.07) is 14.3. The second-order valence-corrected chi connectivity index (χ2v) is 9.77. The van der Waals surface area contributed by atoms with E-state index in [9.17, 15) is 0 Å². The fraction of sp³-hybridized carbons (Fsp3) is 0.333. The largest absolute Gasteiger partial charge is 0.491 e. The number of fused-ring (bicyclic) bond motifs is 2. The van der Waals surface area contributed by atoms with Gasteiger partial charge in [-0.15, -0.1) is 0 Å². The molecule has 0 radical (unpaired) electrons. The molecule has 0 bridgehead atoms. The summed E-state index contributed by atoms with van der Waals surface area (Å²) in [4.78, 5) is 16.6. The van der Waals surface area contributed by atoms with E-state index < -0.39 is 0 Å². The normalized spacial score (nSPS) is 11.6. The Bertz CT molecular complexity index is 1500. The molecule has 0 aliphatic rings. The molecule has 4 heterocycles. The second kappa shape index (κ2) is 12.2. The first-order valence-corrected chi connectivity index (χ1v) is 13.7. The average molecular weight is 506 g/mol. The van der Waals surface area contributed by atoms with E-state index in [0.717, 1.165) is 76.3 Å². The maximum Gasteiger partial charge on any atom is 0.163 e. The maximum atomic E-state index is 6.00. The minimum Gasteiger partial charge on any atom is -0.491 e. The van der Waals surface area contributed by atoms with Crippen molar-refractivity contribution in [3.63, 3.8) is 0 Å². The van der Waals surface area contributed by atoms with Crippen molar-refractivity contribution in [3.8, 4) is 28.1 Å². The molecule has 0 unspecified atom stereocenters. The lowest BCUT2D eigenvalue weighted by molar-refractivity contribution is 0.205. The molecule has 0 saturated carbocycles. The Morgan fingerprint density at radius 3 is 2.61 bits per heavy atom. The lowest BCUT2D eigenvalue weighted by Crippen LogP contribution is -2.30. The van der Waals surface area contributed by atoms with Crippen molar-refractivity contribution in [1.82, 2.24) is 29.5 Å². The summed E-state index contributed by atoms with van der Waals surface area (Å²) in [5.74, 6) is 0.786. The van der Waals surface area contributed by atoms with Crippen LogP contribution in [0.1, 0.15) is 39.5 Å². The number of hydrogen-bond acceptors (Lipinski definition) is 6. The molecule has 38 heavy (non-hydrogen) atoms. The molecule has 5 aromatic rings. The predicted octanol–water partition coefficient (Wildman–Crippen LogP) is 4.55. The standard InChI is InChI=1S/C30H35BN6O/c1-3-5-6-15-36(14-4-2)16-17-38-23-10-12-27(32-19-23)22-18-33-30-26(20-34-37(30)21-22)24-8-7-9-28-25(24)11-13-29(31)35-28/h7-13,18-21H,3-6,14-17,31H2,1-2H3. The Morgan fingerprint density at radius 1 is 0.868 bits per heavy atom. The summed E-state index contributed by atoms with van der Waals surface area (Å²) in [6.45, 7) is 8.34. The number of benzene rings is 1. The molecule has 4 aromatic heterocycles.